The summed E-state index contributed by atoms with van der Waals surface area (Å²) in [6.07, 6.45) is -3.62. The Morgan fingerprint density at radius 1 is 1.00 bits per heavy atom. The van der Waals surface area contributed by atoms with E-state index in [1.807, 2.05) is 0 Å². The van der Waals surface area contributed by atoms with Gasteiger partial charge in [-0.25, -0.2) is 14.4 Å². The molecule has 0 amide bonds. The number of nitrogens with one attached hydrogen (secondary N) is 2. The number of H-pyrrole nitrogens is 1. The van der Waals surface area contributed by atoms with Crippen LogP contribution in [0.4, 0.5) is 17.6 Å². The minimum absolute atomic E-state index is 0.0541. The molecular formula is C20H12F4N6OS. The van der Waals surface area contributed by atoms with Gasteiger partial charge in [0.1, 0.15) is 12.2 Å². The number of alkyl halides is 3. The van der Waals surface area contributed by atoms with E-state index in [0.29, 0.717) is 21.8 Å². The van der Waals surface area contributed by atoms with Crippen molar-refractivity contribution in [3.05, 3.63) is 71.6 Å². The van der Waals surface area contributed by atoms with Crippen molar-refractivity contribution in [2.24, 2.45) is 4.99 Å². The molecule has 0 saturated carbocycles. The Balaban J connectivity index is 1.62. The summed E-state index contributed by atoms with van der Waals surface area (Å²) >= 11 is 1.04. The lowest BCUT2D eigenvalue weighted by atomic mass is 10.1. The van der Waals surface area contributed by atoms with E-state index in [0.717, 1.165) is 30.2 Å². The molecule has 2 aromatic carbocycles. The number of benzene rings is 2. The van der Waals surface area contributed by atoms with Gasteiger partial charge in [-0.15, -0.1) is 10.2 Å². The molecule has 0 radical (unpaired) electrons. The van der Waals surface area contributed by atoms with Gasteiger partial charge in [0.2, 0.25) is 11.5 Å². The third kappa shape index (κ3) is 4.91. The Morgan fingerprint density at radius 3 is 2.34 bits per heavy atom. The first-order valence-electron chi connectivity index (χ1n) is 8.91. The van der Waals surface area contributed by atoms with Gasteiger partial charge in [0.05, 0.1) is 16.3 Å². The van der Waals surface area contributed by atoms with Gasteiger partial charge >= 0.3 is 6.18 Å². The summed E-state index contributed by atoms with van der Waals surface area (Å²) in [4.78, 5) is 11.0. The van der Waals surface area contributed by atoms with Gasteiger partial charge in [-0.2, -0.15) is 13.2 Å². The molecule has 0 aliphatic carbocycles. The van der Waals surface area contributed by atoms with E-state index in [9.17, 15) is 17.6 Å². The van der Waals surface area contributed by atoms with E-state index in [2.05, 4.69) is 25.2 Å². The SMILES string of the molecule is N=C/N=c1/nc(-c2ccc(F)cc2)cc(Sc2nnc(-c3ccc(C(F)(F)F)cc3)o2)[nH]1. The summed E-state index contributed by atoms with van der Waals surface area (Å²) in [5.74, 6) is -0.338. The molecule has 32 heavy (non-hydrogen) atoms. The average molecular weight is 460 g/mol. The predicted molar refractivity (Wildman–Crippen MR) is 107 cm³/mol. The minimum atomic E-state index is -4.44. The third-order valence-corrected chi connectivity index (χ3v) is 4.90. The zero-order chi connectivity index (χ0) is 22.7. The number of rotatable bonds is 5. The molecule has 0 atom stereocenters. The van der Waals surface area contributed by atoms with Gasteiger partial charge in [0, 0.05) is 11.1 Å². The number of hydrogen-bond acceptors (Lipinski definition) is 6. The van der Waals surface area contributed by atoms with Crippen LogP contribution in [-0.2, 0) is 6.18 Å². The van der Waals surface area contributed by atoms with Crippen LogP contribution in [0.2, 0.25) is 0 Å². The maximum absolute atomic E-state index is 13.2. The largest absolute Gasteiger partial charge is 0.416 e. The second-order valence-electron chi connectivity index (χ2n) is 6.27. The summed E-state index contributed by atoms with van der Waals surface area (Å²) in [5.41, 5.74) is 0.779. The van der Waals surface area contributed by atoms with Crippen molar-refractivity contribution in [2.75, 3.05) is 0 Å². The molecule has 7 nitrogen and oxygen atoms in total. The number of halogens is 4. The first-order chi connectivity index (χ1) is 15.3. The molecule has 12 heteroatoms. The molecule has 0 unspecified atom stereocenters. The van der Waals surface area contributed by atoms with Crippen LogP contribution in [0.1, 0.15) is 5.56 Å². The number of aromatic nitrogens is 4. The fourth-order valence-electron chi connectivity index (χ4n) is 2.65. The van der Waals surface area contributed by atoms with E-state index in [4.69, 9.17) is 9.83 Å². The number of hydrogen-bond donors (Lipinski definition) is 2. The summed E-state index contributed by atoms with van der Waals surface area (Å²) in [6.45, 7) is 0. The Hall–Kier alpha value is -3.80. The van der Waals surface area contributed by atoms with Crippen LogP contribution in [0.5, 0.6) is 0 Å². The summed E-state index contributed by atoms with van der Waals surface area (Å²) in [7, 11) is 0. The van der Waals surface area contributed by atoms with Gasteiger partial charge in [-0.1, -0.05) is 0 Å². The molecule has 0 saturated heterocycles. The quantitative estimate of drug-likeness (QED) is 0.190. The van der Waals surface area contributed by atoms with Crippen LogP contribution < -0.4 is 5.62 Å². The highest BCUT2D eigenvalue weighted by Gasteiger charge is 2.30. The zero-order valence-electron chi connectivity index (χ0n) is 15.9. The van der Waals surface area contributed by atoms with Crippen LogP contribution in [0, 0.1) is 11.2 Å². The fourth-order valence-corrected chi connectivity index (χ4v) is 3.36. The Labute approximate surface area is 181 Å². The van der Waals surface area contributed by atoms with Gasteiger partial charge in [0.15, 0.2) is 0 Å². The Morgan fingerprint density at radius 2 is 1.69 bits per heavy atom. The van der Waals surface area contributed by atoms with Gasteiger partial charge in [-0.3, -0.25) is 5.41 Å². The van der Waals surface area contributed by atoms with Crippen LogP contribution in [0.3, 0.4) is 0 Å². The molecule has 0 aliphatic heterocycles. The highest BCUT2D eigenvalue weighted by atomic mass is 32.2. The second-order valence-corrected chi connectivity index (χ2v) is 7.26. The second kappa shape index (κ2) is 8.75. The monoisotopic (exact) mass is 460 g/mol. The normalized spacial score (nSPS) is 12.2. The molecule has 2 heterocycles. The van der Waals surface area contributed by atoms with E-state index in [-0.39, 0.29) is 16.7 Å². The van der Waals surface area contributed by atoms with Crippen LogP contribution in [-0.4, -0.2) is 26.5 Å². The molecule has 0 spiro atoms. The molecule has 2 aromatic heterocycles. The standard InChI is InChI=1S/C20H12F4N6OS/c21-14-7-3-11(4-8-14)15-9-16(28-18(27-15)26-10-25)32-19-30-29-17(31-19)12-1-5-13(6-2-12)20(22,23)24/h1-10H,(H2,25,26,27,28). The summed E-state index contributed by atoms with van der Waals surface area (Å²) in [5, 5.41) is 15.6. The molecule has 0 bridgehead atoms. The molecular weight excluding hydrogens is 448 g/mol. The third-order valence-electron chi connectivity index (χ3n) is 4.12. The average Bonchev–Trinajstić information content (AvgIpc) is 3.22. The highest BCUT2D eigenvalue weighted by Crippen LogP contribution is 2.32. The number of nitrogens with zero attached hydrogens (tertiary/aromatic N) is 4. The van der Waals surface area contributed by atoms with Crippen molar-refractivity contribution in [3.63, 3.8) is 0 Å². The Bertz CT molecular complexity index is 1310. The molecule has 0 aliphatic rings. The zero-order valence-corrected chi connectivity index (χ0v) is 16.7. The predicted octanol–water partition coefficient (Wildman–Crippen LogP) is 4.94. The minimum Gasteiger partial charge on any atom is -0.411 e. The summed E-state index contributed by atoms with van der Waals surface area (Å²) in [6, 6.07) is 11.7. The molecule has 0 fully saturated rings. The lowest BCUT2D eigenvalue weighted by molar-refractivity contribution is -0.137. The molecule has 4 aromatic rings. The molecule has 2 N–H and O–H groups in total. The summed E-state index contributed by atoms with van der Waals surface area (Å²) < 4.78 is 57.0. The maximum atomic E-state index is 13.2. The highest BCUT2D eigenvalue weighted by molar-refractivity contribution is 7.99. The first-order valence-corrected chi connectivity index (χ1v) is 9.72. The van der Waals surface area contributed by atoms with Gasteiger partial charge < -0.3 is 9.40 Å². The van der Waals surface area contributed by atoms with E-state index < -0.39 is 17.6 Å². The molecule has 4 rings (SSSR count). The number of aromatic amines is 1. The van der Waals surface area contributed by atoms with Crippen molar-refractivity contribution >= 4 is 18.1 Å². The topological polar surface area (TPSA) is 104 Å². The van der Waals surface area contributed by atoms with E-state index >= 15 is 0 Å². The van der Waals surface area contributed by atoms with Crippen molar-refractivity contribution < 1.29 is 22.0 Å². The lowest BCUT2D eigenvalue weighted by Crippen LogP contribution is -2.14. The van der Waals surface area contributed by atoms with Crippen molar-refractivity contribution in [3.8, 4) is 22.7 Å². The van der Waals surface area contributed by atoms with E-state index in [1.54, 1.807) is 18.2 Å². The van der Waals surface area contributed by atoms with Crippen molar-refractivity contribution in [1.82, 2.24) is 20.2 Å². The van der Waals surface area contributed by atoms with Gasteiger partial charge in [-0.05, 0) is 66.4 Å². The fraction of sp³-hybridized carbons (Fsp3) is 0.0500. The van der Waals surface area contributed by atoms with Crippen molar-refractivity contribution in [2.45, 2.75) is 16.4 Å². The van der Waals surface area contributed by atoms with E-state index in [1.165, 1.54) is 24.3 Å². The first kappa shape index (κ1) is 21.4. The van der Waals surface area contributed by atoms with Crippen molar-refractivity contribution in [1.29, 1.82) is 5.41 Å². The van der Waals surface area contributed by atoms with Crippen LogP contribution >= 0.6 is 11.8 Å². The Kier molecular flexibility index (Phi) is 5.86. The lowest BCUT2D eigenvalue weighted by Gasteiger charge is -2.06. The smallest absolute Gasteiger partial charge is 0.411 e. The maximum Gasteiger partial charge on any atom is 0.416 e. The van der Waals surface area contributed by atoms with Crippen LogP contribution in [0.15, 0.2) is 74.3 Å². The molecule has 162 valence electrons. The van der Waals surface area contributed by atoms with Crippen LogP contribution in [0.25, 0.3) is 22.7 Å². The van der Waals surface area contributed by atoms with Gasteiger partial charge in [0.25, 0.3) is 5.22 Å².